The van der Waals surface area contributed by atoms with Crippen LogP contribution in [0.1, 0.15) is 5.56 Å². The molecule has 3 rings (SSSR count). The predicted octanol–water partition coefficient (Wildman–Crippen LogP) is 3.86. The molecule has 5 nitrogen and oxygen atoms in total. The number of anilines is 2. The molecule has 1 amide bonds. The number of ether oxygens (including phenoxy) is 1. The van der Waals surface area contributed by atoms with E-state index in [1.54, 1.807) is 18.2 Å². The van der Waals surface area contributed by atoms with Gasteiger partial charge in [0, 0.05) is 18.1 Å². The van der Waals surface area contributed by atoms with E-state index in [1.165, 1.54) is 24.3 Å². The van der Waals surface area contributed by atoms with E-state index in [0.717, 1.165) is 5.69 Å². The first-order valence-corrected chi connectivity index (χ1v) is 8.75. The second kappa shape index (κ2) is 8.67. The highest BCUT2D eigenvalue weighted by atomic mass is 35.5. The van der Waals surface area contributed by atoms with E-state index in [-0.39, 0.29) is 5.57 Å². The maximum absolute atomic E-state index is 13.3. The van der Waals surface area contributed by atoms with E-state index in [9.17, 15) is 14.4 Å². The van der Waals surface area contributed by atoms with E-state index >= 15 is 0 Å². The number of hydrogen-bond donors (Lipinski definition) is 1. The number of benzene rings is 2. The number of nitriles is 1. The minimum atomic E-state index is -0.585. The average Bonchev–Trinajstić information content (AvgIpc) is 2.67. The first kappa shape index (κ1) is 18.9. The van der Waals surface area contributed by atoms with Crippen molar-refractivity contribution >= 4 is 35.0 Å². The zero-order valence-corrected chi connectivity index (χ0v) is 15.2. The number of hydrogen-bond acceptors (Lipinski definition) is 4. The molecule has 1 aliphatic rings. The Kier molecular flexibility index (Phi) is 6.07. The molecule has 0 unspecified atom stereocenters. The summed E-state index contributed by atoms with van der Waals surface area (Å²) in [4.78, 5) is 14.7. The Bertz CT molecular complexity index is 918. The highest BCUT2D eigenvalue weighted by molar-refractivity contribution is 6.31. The van der Waals surface area contributed by atoms with E-state index in [1.807, 2.05) is 12.1 Å². The van der Waals surface area contributed by atoms with Gasteiger partial charge in [0.1, 0.15) is 17.5 Å². The molecule has 0 aliphatic carbocycles. The Morgan fingerprint density at radius 2 is 2.04 bits per heavy atom. The van der Waals surface area contributed by atoms with Crippen molar-refractivity contribution in [3.05, 3.63) is 64.4 Å². The number of rotatable bonds is 4. The quantitative estimate of drug-likeness (QED) is 0.641. The van der Waals surface area contributed by atoms with Crippen LogP contribution >= 0.6 is 11.6 Å². The molecule has 1 saturated heterocycles. The standard InChI is InChI=1S/C20H17ClFN3O2/c21-16-4-5-19(25-6-8-27-9-7-25)18(12-16)24-20(26)15(13-23)10-14-2-1-3-17(22)11-14/h1-5,10-12H,6-9H2,(H,24,26)/b15-10+. The van der Waals surface area contributed by atoms with Crippen LogP contribution < -0.4 is 10.2 Å². The Labute approximate surface area is 161 Å². The molecule has 1 fully saturated rings. The van der Waals surface area contributed by atoms with Gasteiger partial charge in [-0.25, -0.2) is 4.39 Å². The van der Waals surface area contributed by atoms with Crippen molar-refractivity contribution in [3.8, 4) is 6.07 Å². The van der Waals surface area contributed by atoms with Gasteiger partial charge in [-0.05, 0) is 42.0 Å². The van der Waals surface area contributed by atoms with Gasteiger partial charge in [0.15, 0.2) is 0 Å². The summed E-state index contributed by atoms with van der Waals surface area (Å²) in [6.45, 7) is 2.57. The molecule has 1 aliphatic heterocycles. The minimum Gasteiger partial charge on any atom is -0.378 e. The van der Waals surface area contributed by atoms with Crippen molar-refractivity contribution in [1.82, 2.24) is 0 Å². The minimum absolute atomic E-state index is 0.131. The van der Waals surface area contributed by atoms with Gasteiger partial charge in [-0.15, -0.1) is 0 Å². The molecule has 7 heteroatoms. The Morgan fingerprint density at radius 1 is 1.26 bits per heavy atom. The molecule has 2 aromatic rings. The SMILES string of the molecule is N#C/C(=C\c1cccc(F)c1)C(=O)Nc1cc(Cl)ccc1N1CCOCC1. The van der Waals surface area contributed by atoms with Crippen molar-refractivity contribution in [1.29, 1.82) is 5.26 Å². The topological polar surface area (TPSA) is 65.4 Å². The van der Waals surface area contributed by atoms with Crippen LogP contribution in [0.5, 0.6) is 0 Å². The molecule has 0 radical (unpaired) electrons. The molecular formula is C20H17ClFN3O2. The summed E-state index contributed by atoms with van der Waals surface area (Å²) in [6, 6.07) is 12.8. The molecule has 0 spiro atoms. The summed E-state index contributed by atoms with van der Waals surface area (Å²) in [7, 11) is 0. The van der Waals surface area contributed by atoms with Gasteiger partial charge in [0.25, 0.3) is 5.91 Å². The molecule has 1 heterocycles. The summed E-state index contributed by atoms with van der Waals surface area (Å²) in [6.07, 6.45) is 1.34. The fraction of sp³-hybridized carbons (Fsp3) is 0.200. The van der Waals surface area contributed by atoms with E-state index in [0.29, 0.717) is 42.6 Å². The lowest BCUT2D eigenvalue weighted by molar-refractivity contribution is -0.112. The van der Waals surface area contributed by atoms with Crippen LogP contribution in [-0.2, 0) is 9.53 Å². The van der Waals surface area contributed by atoms with E-state index < -0.39 is 11.7 Å². The Balaban J connectivity index is 1.86. The summed E-state index contributed by atoms with van der Waals surface area (Å²) in [5, 5.41) is 12.6. The van der Waals surface area contributed by atoms with Crippen LogP contribution in [0.25, 0.3) is 6.08 Å². The second-order valence-electron chi connectivity index (χ2n) is 5.94. The van der Waals surface area contributed by atoms with E-state index in [2.05, 4.69) is 10.2 Å². The summed E-state index contributed by atoms with van der Waals surface area (Å²) in [5.41, 5.74) is 1.61. The number of carbonyl (C=O) groups is 1. The molecular weight excluding hydrogens is 369 g/mol. The van der Waals surface area contributed by atoms with Crippen molar-refractivity contribution in [2.45, 2.75) is 0 Å². The zero-order chi connectivity index (χ0) is 19.2. The second-order valence-corrected chi connectivity index (χ2v) is 6.38. The van der Waals surface area contributed by atoms with Gasteiger partial charge in [-0.3, -0.25) is 4.79 Å². The van der Waals surface area contributed by atoms with Crippen molar-refractivity contribution in [2.75, 3.05) is 36.5 Å². The van der Waals surface area contributed by atoms with Crippen LogP contribution in [0.4, 0.5) is 15.8 Å². The first-order valence-electron chi connectivity index (χ1n) is 8.38. The van der Waals surface area contributed by atoms with Gasteiger partial charge >= 0.3 is 0 Å². The normalized spacial score (nSPS) is 14.6. The fourth-order valence-electron chi connectivity index (χ4n) is 2.79. The monoisotopic (exact) mass is 385 g/mol. The third-order valence-electron chi connectivity index (χ3n) is 4.08. The number of nitrogens with one attached hydrogen (secondary N) is 1. The number of amides is 1. The third-order valence-corrected chi connectivity index (χ3v) is 4.32. The Morgan fingerprint density at radius 3 is 2.74 bits per heavy atom. The summed E-state index contributed by atoms with van der Waals surface area (Å²) in [5.74, 6) is -1.02. The lowest BCUT2D eigenvalue weighted by atomic mass is 10.1. The van der Waals surface area contributed by atoms with Crippen LogP contribution in [0.15, 0.2) is 48.0 Å². The number of morpholine rings is 1. The van der Waals surface area contributed by atoms with Crippen LogP contribution in [-0.4, -0.2) is 32.2 Å². The predicted molar refractivity (Wildman–Crippen MR) is 103 cm³/mol. The van der Waals surface area contributed by atoms with Crippen LogP contribution in [0.3, 0.4) is 0 Å². The lowest BCUT2D eigenvalue weighted by Crippen LogP contribution is -2.36. The molecule has 0 saturated carbocycles. The van der Waals surface area contributed by atoms with Gasteiger partial charge < -0.3 is 15.0 Å². The van der Waals surface area contributed by atoms with Crippen molar-refractivity contribution in [2.24, 2.45) is 0 Å². The summed E-state index contributed by atoms with van der Waals surface area (Å²) >= 11 is 6.08. The number of nitrogens with zero attached hydrogens (tertiary/aromatic N) is 2. The molecule has 0 bridgehead atoms. The van der Waals surface area contributed by atoms with Gasteiger partial charge in [-0.1, -0.05) is 23.7 Å². The van der Waals surface area contributed by atoms with Gasteiger partial charge in [-0.2, -0.15) is 5.26 Å². The molecule has 2 aromatic carbocycles. The smallest absolute Gasteiger partial charge is 0.266 e. The lowest BCUT2D eigenvalue weighted by Gasteiger charge is -2.30. The molecule has 0 atom stereocenters. The largest absolute Gasteiger partial charge is 0.378 e. The number of carbonyl (C=O) groups excluding carboxylic acids is 1. The van der Waals surface area contributed by atoms with Gasteiger partial charge in [0.2, 0.25) is 0 Å². The molecule has 27 heavy (non-hydrogen) atoms. The molecule has 138 valence electrons. The van der Waals surface area contributed by atoms with Crippen LogP contribution in [0, 0.1) is 17.1 Å². The summed E-state index contributed by atoms with van der Waals surface area (Å²) < 4.78 is 18.7. The average molecular weight is 386 g/mol. The molecule has 1 N–H and O–H groups in total. The van der Waals surface area contributed by atoms with Crippen molar-refractivity contribution < 1.29 is 13.9 Å². The zero-order valence-electron chi connectivity index (χ0n) is 14.4. The van der Waals surface area contributed by atoms with Crippen molar-refractivity contribution in [3.63, 3.8) is 0 Å². The number of halogens is 2. The Hall–Kier alpha value is -2.88. The maximum Gasteiger partial charge on any atom is 0.266 e. The van der Waals surface area contributed by atoms with Crippen LogP contribution in [0.2, 0.25) is 5.02 Å². The maximum atomic E-state index is 13.3. The van der Waals surface area contributed by atoms with E-state index in [4.69, 9.17) is 16.3 Å². The highest BCUT2D eigenvalue weighted by Gasteiger charge is 2.18. The fourth-order valence-corrected chi connectivity index (χ4v) is 2.96. The first-order chi connectivity index (χ1) is 13.1. The molecule has 0 aromatic heterocycles. The van der Waals surface area contributed by atoms with Gasteiger partial charge in [0.05, 0.1) is 24.6 Å². The third kappa shape index (κ3) is 4.85. The highest BCUT2D eigenvalue weighted by Crippen LogP contribution is 2.30.